The summed E-state index contributed by atoms with van der Waals surface area (Å²) in [4.78, 5) is 0.268. The highest BCUT2D eigenvalue weighted by atomic mass is 79.9. The number of aryl methyl sites for hydroxylation is 1. The van der Waals surface area contributed by atoms with Crippen molar-refractivity contribution in [3.05, 3.63) is 29.8 Å². The molecule has 0 aromatic heterocycles. The molecule has 0 heterocycles. The lowest BCUT2D eigenvalue weighted by Crippen LogP contribution is -2.36. The van der Waals surface area contributed by atoms with Gasteiger partial charge >= 0.3 is 8.56 Å². The summed E-state index contributed by atoms with van der Waals surface area (Å²) >= 11 is 2.64. The van der Waals surface area contributed by atoms with E-state index in [0.717, 1.165) is 18.0 Å². The highest BCUT2D eigenvalue weighted by Crippen LogP contribution is 2.20. The molecule has 0 aliphatic rings. The molecule has 0 unspecified atom stereocenters. The number of halogens is 1. The second-order valence-corrected chi connectivity index (χ2v) is 11.6. The molecule has 0 atom stereocenters. The predicted octanol–water partition coefficient (Wildman–Crippen LogP) is 2.68. The van der Waals surface area contributed by atoms with Crippen molar-refractivity contribution in [1.29, 1.82) is 0 Å². The van der Waals surface area contributed by atoms with Gasteiger partial charge in [-0.25, -0.2) is 8.42 Å². The largest absolute Gasteiger partial charge is 0.398 e. The van der Waals surface area contributed by atoms with Crippen LogP contribution >= 0.6 is 14.8 Å². The lowest BCUT2D eigenvalue weighted by molar-refractivity contribution is 0.249. The summed E-state index contributed by atoms with van der Waals surface area (Å²) in [6.07, 6.45) is 0.813. The van der Waals surface area contributed by atoms with Crippen LogP contribution in [-0.4, -0.2) is 31.2 Å². The summed E-state index contributed by atoms with van der Waals surface area (Å²) in [5.41, 5.74) is 1.07. The van der Waals surface area contributed by atoms with Crippen LogP contribution in [0, 0.1) is 0 Å². The van der Waals surface area contributed by atoms with Gasteiger partial charge in [0.25, 0.3) is 0 Å². The molecule has 0 amide bonds. The first-order valence-electron chi connectivity index (χ1n) is 5.44. The van der Waals surface area contributed by atoms with Crippen molar-refractivity contribution in [3.8, 4) is 0 Å². The highest BCUT2D eigenvalue weighted by molar-refractivity contribution is 9.47. The van der Waals surface area contributed by atoms with Gasteiger partial charge in [0.1, 0.15) is 0 Å². The summed E-state index contributed by atoms with van der Waals surface area (Å²) in [5.74, 6) is 0. The number of benzene rings is 1. The molecule has 7 heteroatoms. The molecule has 0 spiro atoms. The molecule has 0 N–H and O–H groups in total. The fourth-order valence-electron chi connectivity index (χ4n) is 1.48. The van der Waals surface area contributed by atoms with Gasteiger partial charge < -0.3 is 8.85 Å². The second-order valence-electron chi connectivity index (χ2n) is 4.12. The fraction of sp³-hybridized carbons (Fsp3) is 0.455. The van der Waals surface area contributed by atoms with E-state index in [0.29, 0.717) is 0 Å². The first-order valence-corrected chi connectivity index (χ1v) is 11.3. The highest BCUT2D eigenvalue weighted by Gasteiger charge is 2.27. The van der Waals surface area contributed by atoms with Crippen molar-refractivity contribution in [1.82, 2.24) is 0 Å². The van der Waals surface area contributed by atoms with E-state index in [1.165, 1.54) is 0 Å². The molecule has 4 nitrogen and oxygen atoms in total. The van der Waals surface area contributed by atoms with E-state index in [1.807, 2.05) is 18.7 Å². The monoisotopic (exact) mass is 352 g/mol. The van der Waals surface area contributed by atoms with Gasteiger partial charge in [0, 0.05) is 14.2 Å². The Kier molecular flexibility index (Phi) is 5.54. The van der Waals surface area contributed by atoms with Gasteiger partial charge in [-0.1, -0.05) is 12.1 Å². The predicted molar refractivity (Wildman–Crippen MR) is 76.7 cm³/mol. The number of hydrogen-bond donors (Lipinski definition) is 0. The van der Waals surface area contributed by atoms with E-state index in [2.05, 4.69) is 14.8 Å². The molecule has 0 aliphatic carbocycles. The molecule has 0 fully saturated rings. The van der Waals surface area contributed by atoms with Crippen molar-refractivity contribution in [2.75, 3.05) is 14.2 Å². The summed E-state index contributed by atoms with van der Waals surface area (Å²) < 4.78 is 33.3. The Labute approximate surface area is 117 Å². The van der Waals surface area contributed by atoms with E-state index >= 15 is 0 Å². The smallest absolute Gasteiger partial charge is 0.334 e. The summed E-state index contributed by atoms with van der Waals surface area (Å²) in [6.45, 7) is 2.00. The second kappa shape index (κ2) is 6.29. The zero-order chi connectivity index (χ0) is 13.8. The van der Waals surface area contributed by atoms with Crippen molar-refractivity contribution in [2.45, 2.75) is 23.9 Å². The summed E-state index contributed by atoms with van der Waals surface area (Å²) in [5, 5.41) is 0. The van der Waals surface area contributed by atoms with Gasteiger partial charge in [-0.2, -0.15) is 0 Å². The van der Waals surface area contributed by atoms with Crippen LogP contribution in [0.5, 0.6) is 0 Å². The van der Waals surface area contributed by atoms with Crippen molar-refractivity contribution >= 4 is 31.6 Å². The standard InChI is InChI=1S/C11H17BrO4SSi/c1-15-18(3,16-2)9-8-10-4-6-11(7-5-10)17(12,13)14/h4-7H,8-9H2,1-3H3. The van der Waals surface area contributed by atoms with Crippen molar-refractivity contribution < 1.29 is 17.3 Å². The topological polar surface area (TPSA) is 52.6 Å². The van der Waals surface area contributed by atoms with Crippen LogP contribution in [-0.2, 0) is 23.5 Å². The zero-order valence-corrected chi connectivity index (χ0v) is 14.0. The van der Waals surface area contributed by atoms with Crippen LogP contribution in [0.25, 0.3) is 0 Å². The molecule has 0 bridgehead atoms. The van der Waals surface area contributed by atoms with E-state index < -0.39 is 16.8 Å². The molecule has 18 heavy (non-hydrogen) atoms. The quantitative estimate of drug-likeness (QED) is 0.583. The Bertz CT molecular complexity index is 482. The van der Waals surface area contributed by atoms with Crippen LogP contribution in [0.2, 0.25) is 12.6 Å². The molecule has 0 radical (unpaired) electrons. The fourth-order valence-corrected chi connectivity index (χ4v) is 3.90. The van der Waals surface area contributed by atoms with Gasteiger partial charge in [-0.15, -0.1) is 0 Å². The average Bonchev–Trinajstić information content (AvgIpc) is 2.35. The molecule has 1 aromatic carbocycles. The minimum atomic E-state index is -3.30. The first-order chi connectivity index (χ1) is 8.30. The van der Waals surface area contributed by atoms with Crippen LogP contribution in [0.15, 0.2) is 29.2 Å². The Morgan fingerprint density at radius 3 is 2.06 bits per heavy atom. The Balaban J connectivity index is 2.71. The van der Waals surface area contributed by atoms with Crippen molar-refractivity contribution in [2.24, 2.45) is 0 Å². The molecular weight excluding hydrogens is 336 g/mol. The molecule has 1 aromatic rings. The maximum Gasteiger partial charge on any atom is 0.334 e. The van der Waals surface area contributed by atoms with Gasteiger partial charge in [0.2, 0.25) is 8.27 Å². The summed E-state index contributed by atoms with van der Waals surface area (Å²) in [7, 11) is -2.03. The minimum Gasteiger partial charge on any atom is -0.398 e. The van der Waals surface area contributed by atoms with Crippen LogP contribution in [0.3, 0.4) is 0 Å². The Hall–Kier alpha value is -0.213. The molecule has 102 valence electrons. The molecular formula is C11H17BrO4SSi. The zero-order valence-electron chi connectivity index (χ0n) is 10.6. The average molecular weight is 353 g/mol. The Morgan fingerprint density at radius 1 is 1.17 bits per heavy atom. The van der Waals surface area contributed by atoms with Gasteiger partial charge in [-0.05, 0) is 36.7 Å². The van der Waals surface area contributed by atoms with E-state index in [4.69, 9.17) is 8.85 Å². The minimum absolute atomic E-state index is 0.268. The van der Waals surface area contributed by atoms with E-state index in [9.17, 15) is 8.42 Å². The maximum absolute atomic E-state index is 11.2. The Morgan fingerprint density at radius 2 is 1.67 bits per heavy atom. The third-order valence-corrected chi connectivity index (χ3v) is 7.78. The summed E-state index contributed by atoms with van der Waals surface area (Å²) in [6, 6.07) is 7.65. The van der Waals surface area contributed by atoms with E-state index in [1.54, 1.807) is 26.4 Å². The van der Waals surface area contributed by atoms with Gasteiger partial charge in [0.15, 0.2) is 0 Å². The SMILES string of the molecule is CO[Si](C)(CCc1ccc(S(=O)(=O)Br)cc1)OC. The molecule has 1 rings (SSSR count). The van der Waals surface area contributed by atoms with Crippen LogP contribution in [0.4, 0.5) is 0 Å². The lowest BCUT2D eigenvalue weighted by atomic mass is 10.2. The third kappa shape index (κ3) is 4.47. The number of rotatable bonds is 6. The number of hydrogen-bond acceptors (Lipinski definition) is 4. The molecule has 0 saturated heterocycles. The van der Waals surface area contributed by atoms with E-state index in [-0.39, 0.29) is 4.90 Å². The van der Waals surface area contributed by atoms with Crippen LogP contribution in [0.1, 0.15) is 5.56 Å². The molecule has 0 aliphatic heterocycles. The normalized spacial score (nSPS) is 12.7. The third-order valence-electron chi connectivity index (χ3n) is 2.94. The van der Waals surface area contributed by atoms with Gasteiger partial charge in [-0.3, -0.25) is 0 Å². The van der Waals surface area contributed by atoms with Crippen molar-refractivity contribution in [3.63, 3.8) is 0 Å². The first kappa shape index (κ1) is 15.8. The molecule has 0 saturated carbocycles. The van der Waals surface area contributed by atoms with Gasteiger partial charge in [0.05, 0.1) is 19.7 Å². The lowest BCUT2D eigenvalue weighted by Gasteiger charge is -2.22. The van der Waals surface area contributed by atoms with Crippen LogP contribution < -0.4 is 0 Å². The maximum atomic E-state index is 11.2.